The molecule has 0 saturated carbocycles. The van der Waals surface area contributed by atoms with E-state index >= 15 is 0 Å². The lowest BCUT2D eigenvalue weighted by Crippen LogP contribution is -2.52. The van der Waals surface area contributed by atoms with Crippen LogP contribution >= 0.6 is 44.9 Å². The summed E-state index contributed by atoms with van der Waals surface area (Å²) in [4.78, 5) is 79.2. The number of esters is 2. The first-order valence-corrected chi connectivity index (χ1v) is 31.9. The second kappa shape index (κ2) is 31.3. The Kier molecular flexibility index (Phi) is 23.5. The molecule has 0 bridgehead atoms. The number of thioether (sulfide) groups is 2. The van der Waals surface area contributed by atoms with E-state index in [0.29, 0.717) is 62.4 Å². The number of nitrogens with zero attached hydrogens (tertiary/aromatic N) is 2. The fourth-order valence-corrected chi connectivity index (χ4v) is 12.8. The van der Waals surface area contributed by atoms with Crippen LogP contribution < -0.4 is 28.4 Å². The van der Waals surface area contributed by atoms with Crippen LogP contribution in [0.4, 0.5) is 14.4 Å². The zero-order chi connectivity index (χ0) is 64.6. The number of methoxy groups -OCH3 is 3. The number of ether oxygens (including phenoxy) is 12. The summed E-state index contributed by atoms with van der Waals surface area (Å²) in [5.74, 6) is -0.689. The molecule has 0 fully saturated rings. The molecule has 26 heteroatoms. The molecule has 1 heterocycles. The van der Waals surface area contributed by atoms with E-state index in [0.717, 1.165) is 45.8 Å². The van der Waals surface area contributed by atoms with Gasteiger partial charge in [-0.05, 0) is 116 Å². The van der Waals surface area contributed by atoms with Gasteiger partial charge >= 0.3 is 30.4 Å². The lowest BCUT2D eigenvalue weighted by molar-refractivity contribution is -0.120. The Morgan fingerprint density at radius 2 is 0.933 bits per heavy atom. The first-order chi connectivity index (χ1) is 43.4. The Morgan fingerprint density at radius 3 is 1.27 bits per heavy atom. The van der Waals surface area contributed by atoms with Gasteiger partial charge in [-0.15, -0.1) is 0 Å². The maximum absolute atomic E-state index is 14.4. The van der Waals surface area contributed by atoms with Crippen molar-refractivity contribution in [1.82, 2.24) is 0 Å². The Hall–Kier alpha value is -8.43. The van der Waals surface area contributed by atoms with Crippen molar-refractivity contribution in [3.8, 4) is 40.6 Å². The second-order valence-electron chi connectivity index (χ2n) is 19.9. The highest BCUT2D eigenvalue weighted by Crippen LogP contribution is 2.81. The third-order valence-electron chi connectivity index (χ3n) is 14.7. The molecule has 0 N–H and O–H groups in total. The van der Waals surface area contributed by atoms with Crippen molar-refractivity contribution in [2.45, 2.75) is 85.4 Å². The van der Waals surface area contributed by atoms with E-state index in [-0.39, 0.29) is 89.8 Å². The van der Waals surface area contributed by atoms with Crippen LogP contribution in [0, 0.1) is 17.9 Å². The minimum Gasteiger partial charge on any atom is -0.434 e. The van der Waals surface area contributed by atoms with Crippen LogP contribution in [-0.2, 0) is 47.9 Å². The summed E-state index contributed by atoms with van der Waals surface area (Å²) in [6, 6.07) is 35.9. The molecule has 5 unspecified atom stereocenters. The molecule has 5 atom stereocenters. The standard InChI is InChI=1S/C51H40N2O12S2.C13H16O6.Cl2OS/c1-27(58-4)22-24-60-49(56)62-31-18-14-29(15-19-31)46(54)64-42-38-39(41-34-11-7-9-13-36(34)51(41)35-12-8-6-10-33(35)40(38)51)43(45-44(42)66-48(67-45)37(26-52)53-3)65-47(55)30-16-20-32(21-17-30)63-50(57)61-25-23-28(2)59-5;1-10(16-2)7-8-17-13(15)19-12-5-3-11(4-6-12)18-9-14;1-4(2)3/h6-21,27-28,40-41H,22-25H2,1-2,4-5H3;3-6,9-10H,7-8H2,1-2H3;. The minimum absolute atomic E-state index is 0.0209. The van der Waals surface area contributed by atoms with Gasteiger partial charge in [-0.2, -0.15) is 0 Å². The van der Waals surface area contributed by atoms with Gasteiger partial charge in [0.2, 0.25) is 9.23 Å². The first-order valence-electron chi connectivity index (χ1n) is 27.4. The average Bonchev–Trinajstić information content (AvgIpc) is 1.43. The number of carbonyl (C=O) groups excluding carboxylic acids is 6. The fourth-order valence-electron chi connectivity index (χ4n) is 10.3. The molecule has 0 amide bonds. The van der Waals surface area contributed by atoms with Crippen molar-refractivity contribution < 1.29 is 89.8 Å². The smallest absolute Gasteiger partial charge is 0.434 e. The van der Waals surface area contributed by atoms with Gasteiger partial charge in [-0.1, -0.05) is 72.1 Å². The quantitative estimate of drug-likeness (QED) is 0.00948. The lowest BCUT2D eigenvalue weighted by atomic mass is 9.43. The summed E-state index contributed by atoms with van der Waals surface area (Å²) in [6.07, 6.45) is -1.22. The van der Waals surface area contributed by atoms with Gasteiger partial charge in [-0.3, -0.25) is 4.79 Å². The molecular formula is C64H56Cl2N2O19S3. The van der Waals surface area contributed by atoms with E-state index in [1.165, 1.54) is 72.8 Å². The first kappa shape index (κ1) is 67.5. The van der Waals surface area contributed by atoms with E-state index in [1.807, 2.05) is 63.2 Å². The molecule has 468 valence electrons. The topological polar surface area (TPSA) is 258 Å². The van der Waals surface area contributed by atoms with E-state index in [2.05, 4.69) is 43.1 Å². The van der Waals surface area contributed by atoms with Crippen LogP contribution in [0.3, 0.4) is 0 Å². The van der Waals surface area contributed by atoms with E-state index in [4.69, 9.17) is 62.9 Å². The van der Waals surface area contributed by atoms with Gasteiger partial charge < -0.3 is 56.8 Å². The molecule has 21 nitrogen and oxygen atoms in total. The van der Waals surface area contributed by atoms with Gasteiger partial charge in [0.25, 0.3) is 12.2 Å². The van der Waals surface area contributed by atoms with Crippen molar-refractivity contribution in [2.75, 3.05) is 41.2 Å². The number of nitriles is 1. The summed E-state index contributed by atoms with van der Waals surface area (Å²) in [7, 11) is 12.1. The highest BCUT2D eigenvalue weighted by Gasteiger charge is 2.71. The van der Waals surface area contributed by atoms with Crippen molar-refractivity contribution in [1.29, 1.82) is 5.26 Å². The van der Waals surface area contributed by atoms with Gasteiger partial charge in [-0.25, -0.2) is 38.3 Å². The van der Waals surface area contributed by atoms with Gasteiger partial charge in [0, 0.05) is 90.3 Å². The Morgan fingerprint density at radius 1 is 0.589 bits per heavy atom. The average molecular weight is 1320 g/mol. The van der Waals surface area contributed by atoms with Crippen LogP contribution in [0.25, 0.3) is 4.85 Å². The van der Waals surface area contributed by atoms with E-state index < -0.39 is 45.0 Å². The lowest BCUT2D eigenvalue weighted by Gasteiger charge is -2.58. The number of hydrogen-bond acceptors (Lipinski definition) is 22. The van der Waals surface area contributed by atoms with Crippen molar-refractivity contribution >= 4 is 91.0 Å². The van der Waals surface area contributed by atoms with Crippen molar-refractivity contribution in [3.05, 3.63) is 187 Å². The zero-order valence-corrected chi connectivity index (χ0v) is 52.8. The van der Waals surface area contributed by atoms with Gasteiger partial charge in [0.15, 0.2) is 11.5 Å². The molecule has 1 aliphatic heterocycles. The third-order valence-corrected chi connectivity index (χ3v) is 17.3. The van der Waals surface area contributed by atoms with Crippen LogP contribution in [0.15, 0.2) is 141 Å². The molecule has 10 rings (SSSR count). The molecule has 3 aliphatic carbocycles. The molecule has 1 spiro atoms. The number of rotatable bonds is 21. The molecule has 6 aromatic carbocycles. The summed E-state index contributed by atoms with van der Waals surface area (Å²) in [6.45, 7) is 14.1. The SMILES string of the molecule is COC(C)CCOC(=O)Oc1ccc(OC=O)cc1.O=S(Cl)Cl.[C-]#[N+]C(C#N)=C1Sc2c(OC(=O)c3ccc(OC(=O)OCCC(C)OC)cc3)c3c(c(OC(=O)c4ccc(OC(=O)OCCC(C)OC)cc4)c2S1)C1c2ccccc2C12c1ccccc1C32. The molecule has 4 aliphatic rings. The predicted molar refractivity (Wildman–Crippen MR) is 330 cm³/mol. The zero-order valence-electron chi connectivity index (χ0n) is 48.9. The highest BCUT2D eigenvalue weighted by molar-refractivity contribution is 8.26. The monoisotopic (exact) mass is 1320 g/mol. The summed E-state index contributed by atoms with van der Waals surface area (Å²) < 4.78 is 73.2. The molecule has 0 radical (unpaired) electrons. The maximum atomic E-state index is 14.4. The third kappa shape index (κ3) is 15.4. The Balaban J connectivity index is 0.000000384. The number of allylic oxidation sites excluding steroid dienone is 1. The maximum Gasteiger partial charge on any atom is 0.513 e. The van der Waals surface area contributed by atoms with E-state index in [1.54, 1.807) is 21.3 Å². The summed E-state index contributed by atoms with van der Waals surface area (Å²) in [5, 5.41) is 10.0. The molecule has 90 heavy (non-hydrogen) atoms. The summed E-state index contributed by atoms with van der Waals surface area (Å²) in [5.41, 5.74) is 5.11. The van der Waals surface area contributed by atoms with Crippen molar-refractivity contribution in [3.63, 3.8) is 0 Å². The molecule has 0 saturated heterocycles. The van der Waals surface area contributed by atoms with Crippen LogP contribution in [0.1, 0.15) is 106 Å². The van der Waals surface area contributed by atoms with Crippen molar-refractivity contribution in [2.24, 2.45) is 0 Å². The largest absolute Gasteiger partial charge is 0.513 e. The van der Waals surface area contributed by atoms with Gasteiger partial charge in [0.05, 0.1) is 75.9 Å². The number of benzene rings is 6. The normalized spacial score (nSPS) is 16.4. The minimum atomic E-state index is -1.67. The van der Waals surface area contributed by atoms with Crippen LogP contribution in [0.5, 0.6) is 34.5 Å². The number of fused-ring (bicyclic) bond motifs is 8. The number of hydrogen-bond donors (Lipinski definition) is 0. The van der Waals surface area contributed by atoms with Crippen LogP contribution in [-0.4, -0.2) is 101 Å². The molecular weight excluding hydrogens is 1270 g/mol. The highest BCUT2D eigenvalue weighted by atomic mass is 36.0. The Bertz CT molecular complexity index is 3600. The van der Waals surface area contributed by atoms with Gasteiger partial charge in [0.1, 0.15) is 23.0 Å². The number of carbonyl (C=O) groups is 6. The van der Waals surface area contributed by atoms with Crippen LogP contribution in [0.2, 0.25) is 0 Å². The molecule has 6 aromatic rings. The molecule has 0 aromatic heterocycles. The fraction of sp³-hybridized carbons (Fsp3) is 0.281. The second-order valence-corrected chi connectivity index (χ2v) is 24.7. The Labute approximate surface area is 537 Å². The summed E-state index contributed by atoms with van der Waals surface area (Å²) >= 11 is 2.20. The van der Waals surface area contributed by atoms with E-state index in [9.17, 15) is 34.0 Å². The number of halogens is 2. The predicted octanol–water partition coefficient (Wildman–Crippen LogP) is 13.9.